The lowest BCUT2D eigenvalue weighted by Crippen LogP contribution is -2.28. The van der Waals surface area contributed by atoms with Gasteiger partial charge in [-0.05, 0) is 52.0 Å². The Bertz CT molecular complexity index is 1410. The first-order valence-corrected chi connectivity index (χ1v) is 10.8. The van der Waals surface area contributed by atoms with Crippen LogP contribution in [0.2, 0.25) is 0 Å². The minimum Gasteiger partial charge on any atom is -0.452 e. The predicted octanol–water partition coefficient (Wildman–Crippen LogP) is 4.42. The summed E-state index contributed by atoms with van der Waals surface area (Å²) in [6, 6.07) is 18.1. The van der Waals surface area contributed by atoms with E-state index in [-0.39, 0.29) is 23.1 Å². The first-order valence-electron chi connectivity index (χ1n) is 10.8. The molecule has 0 fully saturated rings. The van der Waals surface area contributed by atoms with E-state index in [0.717, 1.165) is 17.1 Å². The van der Waals surface area contributed by atoms with Crippen molar-refractivity contribution in [3.63, 3.8) is 0 Å². The normalized spacial score (nSPS) is 11.2. The van der Waals surface area contributed by atoms with Crippen molar-refractivity contribution in [1.29, 1.82) is 0 Å². The summed E-state index contributed by atoms with van der Waals surface area (Å²) in [5.74, 6) is -1.05. The maximum absolute atomic E-state index is 12.9. The van der Waals surface area contributed by atoms with E-state index in [2.05, 4.69) is 5.10 Å². The van der Waals surface area contributed by atoms with Crippen molar-refractivity contribution in [3.05, 3.63) is 93.7 Å². The summed E-state index contributed by atoms with van der Waals surface area (Å²) < 4.78 is 8.61. The first kappa shape index (κ1) is 22.2. The van der Waals surface area contributed by atoms with E-state index in [1.807, 2.05) is 62.6 Å². The van der Waals surface area contributed by atoms with Crippen LogP contribution in [0.15, 0.2) is 65.5 Å². The Balaban J connectivity index is 1.61. The van der Waals surface area contributed by atoms with Gasteiger partial charge >= 0.3 is 5.97 Å². The SMILES string of the molecule is Cc1cc(C(=O)COC(=O)c2nn(C(C)C)c(=O)c3ccccc23)c(C)n1-c1ccccc1. The molecule has 4 rings (SSSR count). The molecule has 0 atom stereocenters. The van der Waals surface area contributed by atoms with Gasteiger partial charge in [0.05, 0.1) is 11.4 Å². The molecule has 0 amide bonds. The molecule has 0 saturated carbocycles. The van der Waals surface area contributed by atoms with Gasteiger partial charge in [-0.1, -0.05) is 36.4 Å². The molecule has 0 unspecified atom stereocenters. The van der Waals surface area contributed by atoms with E-state index >= 15 is 0 Å². The zero-order valence-corrected chi connectivity index (χ0v) is 19.0. The van der Waals surface area contributed by atoms with Crippen molar-refractivity contribution < 1.29 is 14.3 Å². The van der Waals surface area contributed by atoms with Crippen LogP contribution in [0.4, 0.5) is 0 Å². The Morgan fingerprint density at radius 1 is 0.970 bits per heavy atom. The summed E-state index contributed by atoms with van der Waals surface area (Å²) in [7, 11) is 0. The number of aromatic nitrogens is 3. The number of fused-ring (bicyclic) bond motifs is 1. The van der Waals surface area contributed by atoms with Gasteiger partial charge in [0.2, 0.25) is 5.78 Å². The highest BCUT2D eigenvalue weighted by atomic mass is 16.5. The number of benzene rings is 2. The molecule has 0 aliphatic carbocycles. The van der Waals surface area contributed by atoms with Crippen LogP contribution in [0, 0.1) is 13.8 Å². The number of nitrogens with zero attached hydrogens (tertiary/aromatic N) is 3. The number of para-hydroxylation sites is 1. The molecule has 0 spiro atoms. The average Bonchev–Trinajstić information content (AvgIpc) is 3.11. The number of hydrogen-bond acceptors (Lipinski definition) is 5. The van der Waals surface area contributed by atoms with E-state index in [0.29, 0.717) is 16.3 Å². The number of carbonyl (C=O) groups excluding carboxylic acids is 2. The monoisotopic (exact) mass is 443 g/mol. The van der Waals surface area contributed by atoms with E-state index < -0.39 is 12.6 Å². The summed E-state index contributed by atoms with van der Waals surface area (Å²) in [5.41, 5.74) is 2.87. The fourth-order valence-corrected chi connectivity index (χ4v) is 4.00. The second kappa shape index (κ2) is 8.86. The smallest absolute Gasteiger partial charge is 0.359 e. The van der Waals surface area contributed by atoms with Crippen molar-refractivity contribution in [2.45, 2.75) is 33.7 Å². The molecule has 33 heavy (non-hydrogen) atoms. The fourth-order valence-electron chi connectivity index (χ4n) is 4.00. The average molecular weight is 444 g/mol. The summed E-state index contributed by atoms with van der Waals surface area (Å²) in [4.78, 5) is 38.5. The summed E-state index contributed by atoms with van der Waals surface area (Å²) in [6.45, 7) is 6.99. The third kappa shape index (κ3) is 4.09. The Morgan fingerprint density at radius 2 is 1.61 bits per heavy atom. The highest BCUT2D eigenvalue weighted by Gasteiger charge is 2.22. The summed E-state index contributed by atoms with van der Waals surface area (Å²) in [5, 5.41) is 5.02. The molecule has 0 aliphatic rings. The maximum Gasteiger partial charge on any atom is 0.359 e. The molecule has 2 heterocycles. The van der Waals surface area contributed by atoms with E-state index in [9.17, 15) is 14.4 Å². The van der Waals surface area contributed by atoms with Crippen LogP contribution in [0.1, 0.15) is 52.1 Å². The second-order valence-corrected chi connectivity index (χ2v) is 8.19. The molecule has 7 nitrogen and oxygen atoms in total. The molecule has 168 valence electrons. The molecular formula is C26H25N3O4. The fraction of sp³-hybridized carbons (Fsp3) is 0.231. The number of esters is 1. The molecule has 0 saturated heterocycles. The standard InChI is InChI=1S/C26H25N3O4/c1-16(2)29-25(31)21-13-9-8-12-20(21)24(27-29)26(32)33-15-23(30)22-14-17(3)28(18(22)4)19-10-6-5-7-11-19/h5-14,16H,15H2,1-4H3. The third-order valence-electron chi connectivity index (χ3n) is 5.59. The molecule has 7 heteroatoms. The number of carbonyl (C=O) groups is 2. The van der Waals surface area contributed by atoms with Gasteiger partial charge in [-0.15, -0.1) is 0 Å². The van der Waals surface area contributed by atoms with Crippen LogP contribution in [-0.2, 0) is 4.74 Å². The van der Waals surface area contributed by atoms with Crippen LogP contribution < -0.4 is 5.56 Å². The van der Waals surface area contributed by atoms with Gasteiger partial charge in [0.25, 0.3) is 5.56 Å². The number of ether oxygens (including phenoxy) is 1. The first-order chi connectivity index (χ1) is 15.8. The largest absolute Gasteiger partial charge is 0.452 e. The van der Waals surface area contributed by atoms with Gasteiger partial charge in [0.15, 0.2) is 12.3 Å². The van der Waals surface area contributed by atoms with Gasteiger partial charge in [0, 0.05) is 28.0 Å². The Kier molecular flexibility index (Phi) is 5.96. The Labute approximate surface area is 191 Å². The van der Waals surface area contributed by atoms with Crippen LogP contribution in [0.5, 0.6) is 0 Å². The van der Waals surface area contributed by atoms with E-state index in [1.165, 1.54) is 4.68 Å². The van der Waals surface area contributed by atoms with Gasteiger partial charge in [-0.2, -0.15) is 5.10 Å². The van der Waals surface area contributed by atoms with E-state index in [1.54, 1.807) is 30.3 Å². The molecular weight excluding hydrogens is 418 g/mol. The van der Waals surface area contributed by atoms with Crippen molar-refractivity contribution in [2.75, 3.05) is 6.61 Å². The van der Waals surface area contributed by atoms with Crippen LogP contribution in [0.3, 0.4) is 0 Å². The second-order valence-electron chi connectivity index (χ2n) is 8.19. The molecule has 4 aromatic rings. The Hall–Kier alpha value is -4.00. The van der Waals surface area contributed by atoms with Crippen molar-refractivity contribution in [3.8, 4) is 5.69 Å². The number of hydrogen-bond donors (Lipinski definition) is 0. The summed E-state index contributed by atoms with van der Waals surface area (Å²) in [6.07, 6.45) is 0. The van der Waals surface area contributed by atoms with Crippen molar-refractivity contribution in [2.24, 2.45) is 0 Å². The molecule has 2 aromatic heterocycles. The number of Topliss-reactive ketones (excluding diaryl/α,β-unsaturated/α-hetero) is 1. The van der Waals surface area contributed by atoms with Gasteiger partial charge in [-0.3, -0.25) is 9.59 Å². The third-order valence-corrected chi connectivity index (χ3v) is 5.59. The van der Waals surface area contributed by atoms with Crippen LogP contribution >= 0.6 is 0 Å². The summed E-state index contributed by atoms with van der Waals surface area (Å²) >= 11 is 0. The lowest BCUT2D eigenvalue weighted by molar-refractivity contribution is 0.0468. The lowest BCUT2D eigenvalue weighted by atomic mass is 10.1. The van der Waals surface area contributed by atoms with Crippen molar-refractivity contribution >= 4 is 22.5 Å². The van der Waals surface area contributed by atoms with E-state index in [4.69, 9.17) is 4.74 Å². The highest BCUT2D eigenvalue weighted by Crippen LogP contribution is 2.22. The Morgan fingerprint density at radius 3 is 2.27 bits per heavy atom. The van der Waals surface area contributed by atoms with Gasteiger partial charge in [0.1, 0.15) is 0 Å². The van der Waals surface area contributed by atoms with Gasteiger partial charge in [-0.25, -0.2) is 9.48 Å². The van der Waals surface area contributed by atoms with Crippen LogP contribution in [-0.4, -0.2) is 32.7 Å². The van der Waals surface area contributed by atoms with Gasteiger partial charge < -0.3 is 9.30 Å². The minimum absolute atomic E-state index is 0.0152. The lowest BCUT2D eigenvalue weighted by Gasteiger charge is -2.13. The number of rotatable bonds is 6. The highest BCUT2D eigenvalue weighted by molar-refractivity contribution is 6.04. The minimum atomic E-state index is -0.745. The molecule has 0 N–H and O–H groups in total. The number of aryl methyl sites for hydroxylation is 1. The number of ketones is 1. The maximum atomic E-state index is 12.9. The topological polar surface area (TPSA) is 83.2 Å². The van der Waals surface area contributed by atoms with Crippen molar-refractivity contribution in [1.82, 2.24) is 14.3 Å². The molecule has 0 bridgehead atoms. The zero-order chi connectivity index (χ0) is 23.7. The molecule has 0 radical (unpaired) electrons. The quantitative estimate of drug-likeness (QED) is 0.325. The zero-order valence-electron chi connectivity index (χ0n) is 19.0. The van der Waals surface area contributed by atoms with Crippen LogP contribution in [0.25, 0.3) is 16.5 Å². The molecule has 2 aromatic carbocycles. The molecule has 0 aliphatic heterocycles. The predicted molar refractivity (Wildman–Crippen MR) is 126 cm³/mol.